The van der Waals surface area contributed by atoms with Crippen LogP contribution in [0.15, 0.2) is 17.0 Å². The molecule has 0 heterocycles. The number of nitrogens with zero attached hydrogens (tertiary/aromatic N) is 1. The van der Waals surface area contributed by atoms with Crippen molar-refractivity contribution in [1.82, 2.24) is 4.31 Å². The lowest BCUT2D eigenvalue weighted by Gasteiger charge is -2.24. The number of anilines is 1. The van der Waals surface area contributed by atoms with E-state index in [0.717, 1.165) is 0 Å². The molecule has 0 aliphatic rings. The number of sulfonamides is 1. The highest BCUT2D eigenvalue weighted by atomic mass is 32.2. The van der Waals surface area contributed by atoms with Gasteiger partial charge in [0, 0.05) is 18.3 Å². The molecular formula is C12H19FN2O2S. The van der Waals surface area contributed by atoms with E-state index in [4.69, 9.17) is 5.73 Å². The topological polar surface area (TPSA) is 63.4 Å². The molecule has 18 heavy (non-hydrogen) atoms. The molecule has 1 rings (SSSR count). The second kappa shape index (κ2) is 5.24. The van der Waals surface area contributed by atoms with Crippen LogP contribution in [0.4, 0.5) is 10.1 Å². The van der Waals surface area contributed by atoms with Crippen LogP contribution in [0.1, 0.15) is 26.3 Å². The highest BCUT2D eigenvalue weighted by Gasteiger charge is 2.29. The SMILES string of the molecule is CCN(C(C)C)S(=O)(=O)c1cc(N)cc(C)c1F. The molecule has 0 radical (unpaired) electrons. The van der Waals surface area contributed by atoms with Crippen molar-refractivity contribution in [2.75, 3.05) is 12.3 Å². The van der Waals surface area contributed by atoms with Gasteiger partial charge < -0.3 is 5.73 Å². The van der Waals surface area contributed by atoms with Gasteiger partial charge in [0.15, 0.2) is 0 Å². The number of hydrogen-bond acceptors (Lipinski definition) is 3. The lowest BCUT2D eigenvalue weighted by atomic mass is 10.2. The van der Waals surface area contributed by atoms with Crippen molar-refractivity contribution < 1.29 is 12.8 Å². The summed E-state index contributed by atoms with van der Waals surface area (Å²) in [4.78, 5) is -0.351. The summed E-state index contributed by atoms with van der Waals surface area (Å²) in [5, 5.41) is 0. The van der Waals surface area contributed by atoms with Gasteiger partial charge in [-0.05, 0) is 38.5 Å². The third-order valence-corrected chi connectivity index (χ3v) is 4.87. The second-order valence-corrected chi connectivity index (χ2v) is 6.31. The summed E-state index contributed by atoms with van der Waals surface area (Å²) in [5.74, 6) is -0.733. The Balaban J connectivity index is 3.46. The zero-order valence-electron chi connectivity index (χ0n) is 11.1. The molecule has 0 saturated heterocycles. The first-order valence-corrected chi connectivity index (χ1v) is 7.23. The monoisotopic (exact) mass is 274 g/mol. The lowest BCUT2D eigenvalue weighted by molar-refractivity contribution is 0.366. The summed E-state index contributed by atoms with van der Waals surface area (Å²) in [6.07, 6.45) is 0. The molecule has 0 saturated carbocycles. The van der Waals surface area contributed by atoms with Crippen molar-refractivity contribution in [2.24, 2.45) is 0 Å². The zero-order valence-corrected chi connectivity index (χ0v) is 11.9. The maximum atomic E-state index is 14.0. The second-order valence-electron chi connectivity index (χ2n) is 4.45. The van der Waals surface area contributed by atoms with Crippen LogP contribution in [0, 0.1) is 12.7 Å². The molecule has 4 nitrogen and oxygen atoms in total. The average molecular weight is 274 g/mol. The van der Waals surface area contributed by atoms with E-state index in [1.807, 2.05) is 0 Å². The Morgan fingerprint density at radius 1 is 1.39 bits per heavy atom. The van der Waals surface area contributed by atoms with Crippen LogP contribution < -0.4 is 5.73 Å². The Bertz CT molecular complexity index is 541. The van der Waals surface area contributed by atoms with Crippen LogP contribution in [0.25, 0.3) is 0 Å². The predicted molar refractivity (Wildman–Crippen MR) is 70.3 cm³/mol. The maximum absolute atomic E-state index is 14.0. The van der Waals surface area contributed by atoms with Crippen molar-refractivity contribution in [3.05, 3.63) is 23.5 Å². The lowest BCUT2D eigenvalue weighted by Crippen LogP contribution is -2.37. The van der Waals surface area contributed by atoms with Gasteiger partial charge in [-0.2, -0.15) is 4.31 Å². The molecule has 1 aromatic rings. The molecule has 0 unspecified atom stereocenters. The number of rotatable bonds is 4. The Hall–Kier alpha value is -1.14. The number of benzene rings is 1. The number of halogens is 1. The van der Waals surface area contributed by atoms with Gasteiger partial charge in [0.05, 0.1) is 0 Å². The van der Waals surface area contributed by atoms with E-state index in [9.17, 15) is 12.8 Å². The molecule has 102 valence electrons. The molecule has 0 aliphatic carbocycles. The van der Waals surface area contributed by atoms with E-state index < -0.39 is 15.8 Å². The fraction of sp³-hybridized carbons (Fsp3) is 0.500. The van der Waals surface area contributed by atoms with E-state index >= 15 is 0 Å². The standard InChI is InChI=1S/C12H19FN2O2S/c1-5-15(8(2)3)18(16,17)11-7-10(14)6-9(4)12(11)13/h6-8H,5,14H2,1-4H3. The van der Waals surface area contributed by atoms with E-state index in [0.29, 0.717) is 0 Å². The summed E-state index contributed by atoms with van der Waals surface area (Å²) >= 11 is 0. The third-order valence-electron chi connectivity index (χ3n) is 2.72. The number of nitrogens with two attached hydrogens (primary N) is 1. The van der Waals surface area contributed by atoms with Crippen LogP contribution in [-0.2, 0) is 10.0 Å². The molecule has 6 heteroatoms. The molecule has 1 aromatic carbocycles. The van der Waals surface area contributed by atoms with Gasteiger partial charge in [-0.15, -0.1) is 0 Å². The molecule has 0 aliphatic heterocycles. The first kappa shape index (κ1) is 14.9. The minimum Gasteiger partial charge on any atom is -0.399 e. The molecule has 0 fully saturated rings. The molecule has 0 aromatic heterocycles. The van der Waals surface area contributed by atoms with Crippen molar-refractivity contribution in [3.63, 3.8) is 0 Å². The Kier molecular flexibility index (Phi) is 4.34. The van der Waals surface area contributed by atoms with Gasteiger partial charge >= 0.3 is 0 Å². The fourth-order valence-electron chi connectivity index (χ4n) is 1.89. The van der Waals surface area contributed by atoms with Gasteiger partial charge in [0.2, 0.25) is 10.0 Å². The number of nitrogen functional groups attached to an aromatic ring is 1. The smallest absolute Gasteiger partial charge is 0.246 e. The first-order valence-electron chi connectivity index (χ1n) is 5.79. The number of hydrogen-bond donors (Lipinski definition) is 1. The van der Waals surface area contributed by atoms with Crippen molar-refractivity contribution >= 4 is 15.7 Å². The predicted octanol–water partition coefficient (Wildman–Crippen LogP) is 2.14. The fourth-order valence-corrected chi connectivity index (χ4v) is 3.71. The van der Waals surface area contributed by atoms with Crippen molar-refractivity contribution in [1.29, 1.82) is 0 Å². The summed E-state index contributed by atoms with van der Waals surface area (Å²) in [6, 6.07) is 2.35. The largest absolute Gasteiger partial charge is 0.399 e. The van der Waals surface area contributed by atoms with Gasteiger partial charge in [-0.3, -0.25) is 0 Å². The number of aryl methyl sites for hydroxylation is 1. The van der Waals surface area contributed by atoms with Crippen LogP contribution in [0.3, 0.4) is 0 Å². The summed E-state index contributed by atoms with van der Waals surface area (Å²) in [6.45, 7) is 6.99. The third kappa shape index (κ3) is 2.64. The van der Waals surface area contributed by atoms with Crippen LogP contribution in [0.5, 0.6) is 0 Å². The normalized spacial score (nSPS) is 12.4. The van der Waals surface area contributed by atoms with Gasteiger partial charge in [0.25, 0.3) is 0 Å². The van der Waals surface area contributed by atoms with Crippen molar-refractivity contribution in [3.8, 4) is 0 Å². The summed E-state index contributed by atoms with van der Waals surface area (Å²) in [7, 11) is -3.85. The van der Waals surface area contributed by atoms with Crippen LogP contribution in [-0.4, -0.2) is 25.3 Å². The van der Waals surface area contributed by atoms with Crippen molar-refractivity contribution in [2.45, 2.75) is 38.6 Å². The highest BCUT2D eigenvalue weighted by molar-refractivity contribution is 7.89. The molecular weight excluding hydrogens is 255 g/mol. The molecule has 2 N–H and O–H groups in total. The average Bonchev–Trinajstić information content (AvgIpc) is 2.23. The van der Waals surface area contributed by atoms with Crippen LogP contribution >= 0.6 is 0 Å². The molecule has 0 amide bonds. The Labute approximate surface area is 108 Å². The molecule has 0 atom stereocenters. The Morgan fingerprint density at radius 2 is 1.94 bits per heavy atom. The summed E-state index contributed by atoms with van der Waals surface area (Å²) in [5.41, 5.74) is 6.07. The van der Waals surface area contributed by atoms with Gasteiger partial charge in [-0.25, -0.2) is 12.8 Å². The van der Waals surface area contributed by atoms with E-state index in [-0.39, 0.29) is 28.7 Å². The molecule has 0 bridgehead atoms. The quantitative estimate of drug-likeness (QED) is 0.856. The van der Waals surface area contributed by atoms with Gasteiger partial charge in [0.1, 0.15) is 10.7 Å². The molecule has 0 spiro atoms. The van der Waals surface area contributed by atoms with E-state index in [2.05, 4.69) is 0 Å². The minimum absolute atomic E-state index is 0.230. The maximum Gasteiger partial charge on any atom is 0.246 e. The van der Waals surface area contributed by atoms with E-state index in [1.165, 1.54) is 23.4 Å². The minimum atomic E-state index is -3.85. The van der Waals surface area contributed by atoms with Crippen LogP contribution in [0.2, 0.25) is 0 Å². The van der Waals surface area contributed by atoms with E-state index in [1.54, 1.807) is 20.8 Å². The van der Waals surface area contributed by atoms with Gasteiger partial charge in [-0.1, -0.05) is 6.92 Å². The summed E-state index contributed by atoms with van der Waals surface area (Å²) < 4.78 is 39.9. The first-order chi connectivity index (χ1) is 8.21. The Morgan fingerprint density at radius 3 is 2.39 bits per heavy atom. The highest BCUT2D eigenvalue weighted by Crippen LogP contribution is 2.25. The zero-order chi connectivity index (χ0) is 14.1.